The van der Waals surface area contributed by atoms with Crippen molar-refractivity contribution < 1.29 is 0 Å². The molecule has 8 aromatic carbocycles. The minimum absolute atomic E-state index is 0.0225. The summed E-state index contributed by atoms with van der Waals surface area (Å²) in [7, 11) is 0. The van der Waals surface area contributed by atoms with Crippen LogP contribution in [-0.2, 0) is 32.5 Å². The molecule has 3 aliphatic heterocycles. The molecule has 0 atom stereocenters. The number of benzene rings is 8. The van der Waals surface area contributed by atoms with Crippen molar-refractivity contribution in [2.75, 3.05) is 14.6 Å². The molecule has 0 spiro atoms. The molecule has 0 aromatic heterocycles. The maximum atomic E-state index is 2.82. The van der Waals surface area contributed by atoms with E-state index < -0.39 is 0 Å². The molecule has 0 N–H and O–H groups in total. The van der Waals surface area contributed by atoms with E-state index in [1.807, 2.05) is 0 Å². The van der Waals surface area contributed by atoms with Crippen LogP contribution in [0.2, 0.25) is 0 Å². The SMILES string of the molecule is Cc1cc2c(cc1N1B3c4cccc5c4N(c4ccccc4C5(C)C)c4cc(N(c5ccc(C(C)(C)C)cc5)c5ccc(C(C)(C)C)cc5)cc(c43)-c3cc4c(cc31)C(C)(C)c1ccccc1-4)C(C)(C)CCC2(C)C. The number of nitrogens with zero attached hydrogens (tertiary/aromatic N) is 3. The quantitative estimate of drug-likeness (QED) is 0.163. The van der Waals surface area contributed by atoms with Gasteiger partial charge in [0.25, 0.3) is 0 Å². The Balaban J connectivity index is 1.18. The third kappa shape index (κ3) is 6.86. The Labute approximate surface area is 448 Å². The summed E-state index contributed by atoms with van der Waals surface area (Å²) in [4.78, 5) is 8.03. The monoisotopic (exact) mass is 980 g/mol. The Morgan fingerprint density at radius 2 is 0.973 bits per heavy atom. The summed E-state index contributed by atoms with van der Waals surface area (Å²) in [6.45, 7) is 35.8. The molecular weight excluding hydrogens is 906 g/mol. The zero-order valence-electron chi connectivity index (χ0n) is 47.3. The summed E-state index contributed by atoms with van der Waals surface area (Å²) >= 11 is 0. The van der Waals surface area contributed by atoms with Crippen LogP contribution < -0.4 is 25.5 Å². The standard InChI is InChI=1S/C71H74BN3/c1-43-37-57-58(69(10,11)36-35-68(57,8)9)42-61(43)75-62-41-56-50(49-21-16-17-22-53(49)70(56,12)13)40-51(62)52-38-48(73(46-31-27-44(28-32-46)66(2,3)4)47-33-29-45(30-34-47)67(5,6)7)39-63-64(52)72(75)59-25-20-24-55-65(59)74(63)60-26-19-18-23-54(60)71(55,14)15/h16-34,37-42H,35-36H2,1-15H3. The first-order chi connectivity index (χ1) is 35.4. The third-order valence-electron chi connectivity index (χ3n) is 18.9. The molecule has 0 fully saturated rings. The molecule has 0 unspecified atom stereocenters. The summed E-state index contributed by atoms with van der Waals surface area (Å²) in [6, 6.07) is 60.0. The molecule has 75 heavy (non-hydrogen) atoms. The molecule has 5 aliphatic rings. The van der Waals surface area contributed by atoms with Gasteiger partial charge >= 0.3 is 6.85 Å². The number of aryl methyl sites for hydroxylation is 1. The Bertz CT molecular complexity index is 3650. The van der Waals surface area contributed by atoms with E-state index in [0.717, 1.165) is 23.5 Å². The molecule has 0 radical (unpaired) electrons. The van der Waals surface area contributed by atoms with Gasteiger partial charge in [0.05, 0.1) is 5.69 Å². The number of rotatable bonds is 4. The molecule has 13 rings (SSSR count). The lowest BCUT2D eigenvalue weighted by Crippen LogP contribution is -2.62. The predicted molar refractivity (Wildman–Crippen MR) is 322 cm³/mol. The lowest BCUT2D eigenvalue weighted by atomic mass is 9.42. The largest absolute Gasteiger partial charge is 0.376 e. The lowest BCUT2D eigenvalue weighted by molar-refractivity contribution is 0.332. The van der Waals surface area contributed by atoms with E-state index in [1.54, 1.807) is 0 Å². The molecule has 3 heterocycles. The Morgan fingerprint density at radius 3 is 1.60 bits per heavy atom. The van der Waals surface area contributed by atoms with Crippen LogP contribution in [0, 0.1) is 6.92 Å². The molecule has 0 saturated heterocycles. The molecule has 3 nitrogen and oxygen atoms in total. The Kier molecular flexibility index (Phi) is 10.0. The molecule has 0 bridgehead atoms. The van der Waals surface area contributed by atoms with Crippen molar-refractivity contribution in [3.63, 3.8) is 0 Å². The van der Waals surface area contributed by atoms with Crippen LogP contribution >= 0.6 is 0 Å². The summed E-state index contributed by atoms with van der Waals surface area (Å²) < 4.78 is 0. The number of para-hydroxylation sites is 2. The zero-order valence-corrected chi connectivity index (χ0v) is 47.3. The van der Waals surface area contributed by atoms with Crippen molar-refractivity contribution >= 4 is 63.3 Å². The number of anilines is 8. The maximum Gasteiger partial charge on any atom is 0.333 e. The fraction of sp³-hybridized carbons (Fsp3) is 0.324. The van der Waals surface area contributed by atoms with Gasteiger partial charge in [-0.05, 0) is 180 Å². The molecule has 8 aromatic rings. The molecule has 4 heteroatoms. The van der Waals surface area contributed by atoms with Gasteiger partial charge in [-0.3, -0.25) is 0 Å². The highest BCUT2D eigenvalue weighted by atomic mass is 15.2. The minimum atomic E-state index is -0.239. The highest BCUT2D eigenvalue weighted by Gasteiger charge is 2.51. The second-order valence-electron chi connectivity index (χ2n) is 27.4. The van der Waals surface area contributed by atoms with E-state index >= 15 is 0 Å². The van der Waals surface area contributed by atoms with E-state index in [1.165, 1.54) is 118 Å². The van der Waals surface area contributed by atoms with Crippen molar-refractivity contribution in [3.8, 4) is 22.3 Å². The topological polar surface area (TPSA) is 9.72 Å². The van der Waals surface area contributed by atoms with Crippen LogP contribution in [0.25, 0.3) is 22.3 Å². The second kappa shape index (κ2) is 15.7. The van der Waals surface area contributed by atoms with E-state index in [4.69, 9.17) is 0 Å². The first-order valence-corrected chi connectivity index (χ1v) is 27.8. The molecule has 0 saturated carbocycles. The highest BCUT2D eigenvalue weighted by Crippen LogP contribution is 2.59. The van der Waals surface area contributed by atoms with Crippen LogP contribution in [0.4, 0.5) is 45.5 Å². The highest BCUT2D eigenvalue weighted by molar-refractivity contribution is 6.93. The normalized spacial score (nSPS) is 17.5. The van der Waals surface area contributed by atoms with Crippen molar-refractivity contribution in [3.05, 3.63) is 202 Å². The number of hydrogen-bond acceptors (Lipinski definition) is 3. The van der Waals surface area contributed by atoms with Crippen molar-refractivity contribution in [1.29, 1.82) is 0 Å². The van der Waals surface area contributed by atoms with E-state index in [2.05, 4.69) is 270 Å². The first-order valence-electron chi connectivity index (χ1n) is 27.8. The van der Waals surface area contributed by atoms with Crippen molar-refractivity contribution in [2.45, 2.75) is 149 Å². The van der Waals surface area contributed by atoms with Crippen LogP contribution in [-0.4, -0.2) is 6.85 Å². The molecular formula is C71H74BN3. The van der Waals surface area contributed by atoms with Gasteiger partial charge in [0.15, 0.2) is 0 Å². The van der Waals surface area contributed by atoms with Gasteiger partial charge in [0, 0.05) is 56.2 Å². The fourth-order valence-corrected chi connectivity index (χ4v) is 14.3. The van der Waals surface area contributed by atoms with Crippen LogP contribution in [0.15, 0.2) is 152 Å². The van der Waals surface area contributed by atoms with Gasteiger partial charge in [-0.15, -0.1) is 0 Å². The molecule has 0 amide bonds. The van der Waals surface area contributed by atoms with Crippen LogP contribution in [0.5, 0.6) is 0 Å². The van der Waals surface area contributed by atoms with Gasteiger partial charge in [-0.25, -0.2) is 0 Å². The van der Waals surface area contributed by atoms with E-state index in [-0.39, 0.29) is 39.3 Å². The zero-order chi connectivity index (χ0) is 52.7. The van der Waals surface area contributed by atoms with Gasteiger partial charge < -0.3 is 14.6 Å². The van der Waals surface area contributed by atoms with Gasteiger partial charge in [0.1, 0.15) is 0 Å². The van der Waals surface area contributed by atoms with Gasteiger partial charge in [-0.1, -0.05) is 188 Å². The second-order valence-corrected chi connectivity index (χ2v) is 27.4. The summed E-state index contributed by atoms with van der Waals surface area (Å²) in [5, 5.41) is 0. The first kappa shape index (κ1) is 47.9. The Morgan fingerprint density at radius 1 is 0.427 bits per heavy atom. The van der Waals surface area contributed by atoms with E-state index in [0.29, 0.717) is 0 Å². The van der Waals surface area contributed by atoms with Crippen LogP contribution in [0.3, 0.4) is 0 Å². The summed E-state index contributed by atoms with van der Waals surface area (Å²) in [5.41, 5.74) is 30.0. The smallest absolute Gasteiger partial charge is 0.333 e. The fourth-order valence-electron chi connectivity index (χ4n) is 14.3. The lowest BCUT2D eigenvalue weighted by Gasteiger charge is -2.51. The number of fused-ring (bicyclic) bond motifs is 10. The van der Waals surface area contributed by atoms with Crippen molar-refractivity contribution in [1.82, 2.24) is 0 Å². The average Bonchev–Trinajstić information content (AvgIpc) is 3.61. The van der Waals surface area contributed by atoms with E-state index in [9.17, 15) is 0 Å². The van der Waals surface area contributed by atoms with Crippen molar-refractivity contribution in [2.24, 2.45) is 0 Å². The average molecular weight is 980 g/mol. The summed E-state index contributed by atoms with van der Waals surface area (Å²) in [5.74, 6) is 0. The maximum absolute atomic E-state index is 2.82. The summed E-state index contributed by atoms with van der Waals surface area (Å²) in [6.07, 6.45) is 2.35. The molecule has 376 valence electrons. The van der Waals surface area contributed by atoms with Crippen LogP contribution in [0.1, 0.15) is 160 Å². The number of hydrogen-bond donors (Lipinski definition) is 0. The minimum Gasteiger partial charge on any atom is -0.376 e. The third-order valence-corrected chi connectivity index (χ3v) is 18.9. The van der Waals surface area contributed by atoms with Gasteiger partial charge in [-0.2, -0.15) is 0 Å². The molecule has 2 aliphatic carbocycles. The van der Waals surface area contributed by atoms with Gasteiger partial charge in [0.2, 0.25) is 0 Å². The predicted octanol–water partition coefficient (Wildman–Crippen LogP) is 18.1. The Hall–Kier alpha value is -6.78.